The number of hydrogen-bond acceptors (Lipinski definition) is 4. The fraction of sp³-hybridized carbons (Fsp3) is 0.263. The molecule has 0 spiro atoms. The van der Waals surface area contributed by atoms with Crippen molar-refractivity contribution in [2.45, 2.75) is 18.9 Å². The van der Waals surface area contributed by atoms with Gasteiger partial charge >= 0.3 is 6.03 Å². The minimum atomic E-state index is -0.566. The van der Waals surface area contributed by atoms with E-state index in [1.807, 2.05) is 30.3 Å². The van der Waals surface area contributed by atoms with Gasteiger partial charge in [0.05, 0.1) is 15.5 Å². The number of carbonyl (C=O) groups is 2. The summed E-state index contributed by atoms with van der Waals surface area (Å²) in [6.07, 6.45) is 1.22. The van der Waals surface area contributed by atoms with E-state index in [4.69, 9.17) is 11.6 Å². The molecule has 28 heavy (non-hydrogen) atoms. The molecule has 146 valence electrons. The average Bonchev–Trinajstić information content (AvgIpc) is 2.69. The molecule has 1 fully saturated rings. The average molecular weight is 403 g/mol. The fourth-order valence-corrected chi connectivity index (χ4v) is 3.28. The molecule has 1 aliphatic heterocycles. The van der Waals surface area contributed by atoms with Gasteiger partial charge in [-0.05, 0) is 31.0 Å². The monoisotopic (exact) mass is 402 g/mol. The Morgan fingerprint density at radius 1 is 1.11 bits per heavy atom. The molecule has 0 radical (unpaired) electrons. The summed E-state index contributed by atoms with van der Waals surface area (Å²) in [4.78, 5) is 36.6. The Bertz CT molecular complexity index is 883. The molecule has 2 N–H and O–H groups in total. The van der Waals surface area contributed by atoms with Gasteiger partial charge in [-0.3, -0.25) is 14.9 Å². The number of amides is 3. The van der Waals surface area contributed by atoms with E-state index < -0.39 is 4.92 Å². The number of nitro benzene ring substituents is 1. The van der Waals surface area contributed by atoms with Crippen molar-refractivity contribution in [3.8, 4) is 0 Å². The minimum Gasteiger partial charge on any atom is -0.349 e. The third-order valence-electron chi connectivity index (χ3n) is 4.55. The molecule has 8 nitrogen and oxygen atoms in total. The summed E-state index contributed by atoms with van der Waals surface area (Å²) in [6, 6.07) is 12.7. The molecule has 1 heterocycles. The van der Waals surface area contributed by atoms with Crippen molar-refractivity contribution in [3.63, 3.8) is 0 Å². The fourth-order valence-electron chi connectivity index (χ4n) is 3.02. The van der Waals surface area contributed by atoms with Gasteiger partial charge in [0.15, 0.2) is 0 Å². The summed E-state index contributed by atoms with van der Waals surface area (Å²) < 4.78 is 0. The van der Waals surface area contributed by atoms with Gasteiger partial charge in [-0.15, -0.1) is 0 Å². The number of benzene rings is 2. The Morgan fingerprint density at radius 3 is 2.39 bits per heavy atom. The van der Waals surface area contributed by atoms with Crippen LogP contribution >= 0.6 is 11.6 Å². The lowest BCUT2D eigenvalue weighted by atomic mass is 10.0. The number of nitrogens with zero attached hydrogens (tertiary/aromatic N) is 2. The van der Waals surface area contributed by atoms with Gasteiger partial charge in [0, 0.05) is 37.0 Å². The second-order valence-electron chi connectivity index (χ2n) is 6.45. The molecule has 1 aliphatic rings. The number of non-ortho nitro benzene ring substituents is 1. The van der Waals surface area contributed by atoms with E-state index in [2.05, 4.69) is 10.6 Å². The highest BCUT2D eigenvalue weighted by Gasteiger charge is 2.25. The molecular formula is C19H19ClN4O4. The highest BCUT2D eigenvalue weighted by atomic mass is 35.5. The molecule has 1 saturated heterocycles. The number of nitro groups is 1. The van der Waals surface area contributed by atoms with Crippen molar-refractivity contribution in [3.05, 3.63) is 69.2 Å². The van der Waals surface area contributed by atoms with E-state index in [0.29, 0.717) is 25.9 Å². The zero-order valence-electron chi connectivity index (χ0n) is 14.9. The van der Waals surface area contributed by atoms with Crippen LogP contribution in [0.4, 0.5) is 16.2 Å². The third kappa shape index (κ3) is 4.77. The van der Waals surface area contributed by atoms with Crippen molar-refractivity contribution in [1.29, 1.82) is 0 Å². The predicted octanol–water partition coefficient (Wildman–Crippen LogP) is 3.67. The second-order valence-corrected chi connectivity index (χ2v) is 6.86. The summed E-state index contributed by atoms with van der Waals surface area (Å²) in [5.74, 6) is -0.382. The van der Waals surface area contributed by atoms with Crippen LogP contribution < -0.4 is 10.6 Å². The van der Waals surface area contributed by atoms with E-state index >= 15 is 0 Å². The largest absolute Gasteiger partial charge is 0.349 e. The second kappa shape index (κ2) is 8.71. The summed E-state index contributed by atoms with van der Waals surface area (Å²) >= 11 is 6.00. The van der Waals surface area contributed by atoms with Crippen molar-refractivity contribution in [1.82, 2.24) is 10.2 Å². The standard InChI is InChI=1S/C19H19ClN4O4/c20-17-12-15(24(27)28)6-7-16(17)18(25)21-14-8-10-23(11-9-14)19(26)22-13-4-2-1-3-5-13/h1-7,12,14H,8-11H2,(H,21,25)(H,22,26). The van der Waals surface area contributed by atoms with Gasteiger partial charge < -0.3 is 15.5 Å². The van der Waals surface area contributed by atoms with E-state index in [1.165, 1.54) is 12.1 Å². The number of para-hydroxylation sites is 1. The van der Waals surface area contributed by atoms with Crippen molar-refractivity contribution >= 4 is 34.9 Å². The number of urea groups is 1. The molecule has 3 rings (SSSR count). The lowest BCUT2D eigenvalue weighted by Crippen LogP contribution is -2.47. The van der Waals surface area contributed by atoms with Crippen LogP contribution in [0, 0.1) is 10.1 Å². The number of carbonyl (C=O) groups excluding carboxylic acids is 2. The van der Waals surface area contributed by atoms with Gasteiger partial charge in [0.2, 0.25) is 0 Å². The van der Waals surface area contributed by atoms with Crippen molar-refractivity contribution in [2.24, 2.45) is 0 Å². The molecule has 9 heteroatoms. The van der Waals surface area contributed by atoms with E-state index in [-0.39, 0.29) is 34.3 Å². The number of rotatable bonds is 4. The van der Waals surface area contributed by atoms with Crippen LogP contribution in [0.3, 0.4) is 0 Å². The molecule has 2 aromatic rings. The third-order valence-corrected chi connectivity index (χ3v) is 4.86. The smallest absolute Gasteiger partial charge is 0.321 e. The molecule has 0 bridgehead atoms. The maximum Gasteiger partial charge on any atom is 0.321 e. The first-order valence-electron chi connectivity index (χ1n) is 8.80. The number of anilines is 1. The minimum absolute atomic E-state index is 0.0337. The number of piperidine rings is 1. The Kier molecular flexibility index (Phi) is 6.10. The lowest BCUT2D eigenvalue weighted by molar-refractivity contribution is -0.384. The van der Waals surface area contributed by atoms with Gasteiger partial charge in [-0.1, -0.05) is 29.8 Å². The number of nitrogens with one attached hydrogen (secondary N) is 2. The number of hydrogen-bond donors (Lipinski definition) is 2. The van der Waals surface area contributed by atoms with Crippen LogP contribution in [0.2, 0.25) is 5.02 Å². The molecule has 0 aliphatic carbocycles. The Balaban J connectivity index is 1.52. The van der Waals surface area contributed by atoms with E-state index in [0.717, 1.165) is 11.8 Å². The lowest BCUT2D eigenvalue weighted by Gasteiger charge is -2.32. The summed E-state index contributed by atoms with van der Waals surface area (Å²) in [5.41, 5.74) is 0.756. The van der Waals surface area contributed by atoms with Gasteiger partial charge in [-0.25, -0.2) is 4.79 Å². The first kappa shape index (κ1) is 19.6. The van der Waals surface area contributed by atoms with Crippen LogP contribution in [0.25, 0.3) is 0 Å². The molecule has 3 amide bonds. The first-order valence-corrected chi connectivity index (χ1v) is 9.17. The molecular weight excluding hydrogens is 384 g/mol. The summed E-state index contributed by atoms with van der Waals surface area (Å²) in [7, 11) is 0. The van der Waals surface area contributed by atoms with Crippen LogP contribution in [0.1, 0.15) is 23.2 Å². The summed E-state index contributed by atoms with van der Waals surface area (Å²) in [6.45, 7) is 1.02. The zero-order valence-corrected chi connectivity index (χ0v) is 15.7. The number of likely N-dealkylation sites (tertiary alicyclic amines) is 1. The van der Waals surface area contributed by atoms with Crippen molar-refractivity contribution < 1.29 is 14.5 Å². The van der Waals surface area contributed by atoms with Crippen LogP contribution in [0.15, 0.2) is 48.5 Å². The first-order chi connectivity index (χ1) is 13.4. The molecule has 2 aromatic carbocycles. The Labute approximate surface area is 166 Å². The van der Waals surface area contributed by atoms with Gasteiger partial charge in [0.25, 0.3) is 11.6 Å². The Morgan fingerprint density at radius 2 is 1.79 bits per heavy atom. The topological polar surface area (TPSA) is 105 Å². The Hall–Kier alpha value is -3.13. The quantitative estimate of drug-likeness (QED) is 0.601. The molecule has 0 atom stereocenters. The summed E-state index contributed by atoms with van der Waals surface area (Å²) in [5, 5.41) is 16.5. The molecule has 0 unspecified atom stereocenters. The highest BCUT2D eigenvalue weighted by molar-refractivity contribution is 6.34. The van der Waals surface area contributed by atoms with Gasteiger partial charge in [-0.2, -0.15) is 0 Å². The normalized spacial score (nSPS) is 14.4. The highest BCUT2D eigenvalue weighted by Crippen LogP contribution is 2.23. The van der Waals surface area contributed by atoms with Crippen LogP contribution in [-0.2, 0) is 0 Å². The maximum atomic E-state index is 12.4. The van der Waals surface area contributed by atoms with E-state index in [9.17, 15) is 19.7 Å². The van der Waals surface area contributed by atoms with Crippen LogP contribution in [0.5, 0.6) is 0 Å². The number of halogens is 1. The SMILES string of the molecule is O=C(NC1CCN(C(=O)Nc2ccccc2)CC1)c1ccc([N+](=O)[O-])cc1Cl. The van der Waals surface area contributed by atoms with E-state index in [1.54, 1.807) is 4.90 Å². The molecule has 0 aromatic heterocycles. The molecule has 0 saturated carbocycles. The van der Waals surface area contributed by atoms with Crippen LogP contribution in [-0.4, -0.2) is 40.9 Å². The van der Waals surface area contributed by atoms with Crippen molar-refractivity contribution in [2.75, 3.05) is 18.4 Å². The maximum absolute atomic E-state index is 12.4. The predicted molar refractivity (Wildman–Crippen MR) is 106 cm³/mol. The van der Waals surface area contributed by atoms with Gasteiger partial charge in [0.1, 0.15) is 0 Å². The zero-order chi connectivity index (χ0) is 20.1.